The number of nitrogens with one attached hydrogen (secondary N) is 3. The van der Waals surface area contributed by atoms with Gasteiger partial charge in [-0.25, -0.2) is 19.2 Å². The summed E-state index contributed by atoms with van der Waals surface area (Å²) in [6.45, 7) is 2.09. The Morgan fingerprint density at radius 1 is 1.08 bits per heavy atom. The normalized spacial score (nSPS) is 10.3. The Labute approximate surface area is 212 Å². The van der Waals surface area contributed by atoms with Crippen molar-refractivity contribution in [1.82, 2.24) is 20.2 Å². The van der Waals surface area contributed by atoms with E-state index < -0.39 is 11.8 Å². The number of aromatic nitrogens is 2. The topological polar surface area (TPSA) is 118 Å². The molecule has 188 valence electrons. The lowest BCUT2D eigenvalue weighted by Gasteiger charge is -2.17. The van der Waals surface area contributed by atoms with Gasteiger partial charge in [0.25, 0.3) is 0 Å². The van der Waals surface area contributed by atoms with Crippen LogP contribution in [0, 0.1) is 5.82 Å². The number of hydrogen-bond donors (Lipinski definition) is 3. The molecule has 0 fully saturated rings. The maximum atomic E-state index is 14.4. The Morgan fingerprint density at radius 3 is 2.42 bits per heavy atom. The van der Waals surface area contributed by atoms with Gasteiger partial charge in [0.15, 0.2) is 16.7 Å². The number of amides is 3. The summed E-state index contributed by atoms with van der Waals surface area (Å²) >= 11 is 4.93. The van der Waals surface area contributed by atoms with E-state index in [4.69, 9.17) is 21.7 Å². The molecule has 3 amide bonds. The highest BCUT2D eigenvalue weighted by Crippen LogP contribution is 2.32. The highest BCUT2D eigenvalue weighted by Gasteiger charge is 2.12. The molecule has 0 radical (unpaired) electrons. The van der Waals surface area contributed by atoms with Crippen LogP contribution in [0.5, 0.6) is 11.6 Å². The van der Waals surface area contributed by atoms with E-state index >= 15 is 0 Å². The average Bonchev–Trinajstić information content (AvgIpc) is 3.43. The van der Waals surface area contributed by atoms with Crippen LogP contribution >= 0.6 is 12.2 Å². The van der Waals surface area contributed by atoms with Crippen molar-refractivity contribution in [1.29, 1.82) is 0 Å². The SMILES string of the molecule is COCCN(C)C(=O)Nc1cc(Oc2ccc(NC(=S)NC(C)=O)cc2F)ncn1.c1cc2cc-2c1. The number of carbonyl (C=O) groups is 2. The second kappa shape index (κ2) is 12.5. The van der Waals surface area contributed by atoms with Gasteiger partial charge in [0.2, 0.25) is 11.8 Å². The third-order valence-electron chi connectivity index (χ3n) is 4.66. The molecule has 0 spiro atoms. The zero-order chi connectivity index (χ0) is 26.1. The van der Waals surface area contributed by atoms with Crippen LogP contribution in [0.4, 0.5) is 20.7 Å². The molecule has 0 saturated heterocycles. The van der Waals surface area contributed by atoms with Gasteiger partial charge in [0.1, 0.15) is 12.1 Å². The molecule has 0 atom stereocenters. The van der Waals surface area contributed by atoms with Crippen molar-refractivity contribution >= 4 is 40.8 Å². The van der Waals surface area contributed by atoms with Crippen molar-refractivity contribution in [3.8, 4) is 22.8 Å². The number of nitrogens with zero attached hydrogens (tertiary/aromatic N) is 3. The molecule has 2 aliphatic carbocycles. The summed E-state index contributed by atoms with van der Waals surface area (Å²) < 4.78 is 24.7. The summed E-state index contributed by atoms with van der Waals surface area (Å²) in [5.41, 5.74) is 3.18. The molecule has 0 saturated carbocycles. The van der Waals surface area contributed by atoms with Gasteiger partial charge in [-0.3, -0.25) is 10.1 Å². The summed E-state index contributed by atoms with van der Waals surface area (Å²) in [5, 5.41) is 7.68. The average molecular weight is 513 g/mol. The Bertz CT molecular complexity index is 1240. The number of carbonyl (C=O) groups excluding carboxylic acids is 2. The number of halogens is 1. The minimum Gasteiger partial charge on any atom is -0.436 e. The van der Waals surface area contributed by atoms with Crippen LogP contribution in [0.2, 0.25) is 0 Å². The van der Waals surface area contributed by atoms with Crippen LogP contribution in [0.25, 0.3) is 11.1 Å². The Balaban J connectivity index is 0.000000513. The molecule has 0 bridgehead atoms. The van der Waals surface area contributed by atoms with E-state index in [1.165, 1.54) is 47.5 Å². The summed E-state index contributed by atoms with van der Waals surface area (Å²) in [4.78, 5) is 32.3. The molecule has 2 aromatic rings. The van der Waals surface area contributed by atoms with Crippen LogP contribution in [0.15, 0.2) is 54.9 Å². The lowest BCUT2D eigenvalue weighted by atomic mass is 10.3. The van der Waals surface area contributed by atoms with Gasteiger partial charge in [-0.05, 0) is 41.5 Å². The number of thiocarbonyl (C=S) groups is 1. The molecule has 12 heteroatoms. The third-order valence-corrected chi connectivity index (χ3v) is 4.87. The number of urea groups is 1. The predicted molar refractivity (Wildman–Crippen MR) is 138 cm³/mol. The van der Waals surface area contributed by atoms with Gasteiger partial charge >= 0.3 is 6.03 Å². The molecule has 0 unspecified atom stereocenters. The first-order valence-electron chi connectivity index (χ1n) is 10.7. The second-order valence-electron chi connectivity index (χ2n) is 7.55. The predicted octanol–water partition coefficient (Wildman–Crippen LogP) is 4.02. The molecule has 36 heavy (non-hydrogen) atoms. The van der Waals surface area contributed by atoms with Crippen LogP contribution in [0.1, 0.15) is 6.92 Å². The van der Waals surface area contributed by atoms with Crippen LogP contribution in [-0.4, -0.2) is 59.2 Å². The number of likely N-dealkylation sites (N-methyl/N-ethyl adjacent to an activating group) is 1. The van der Waals surface area contributed by atoms with E-state index in [0.29, 0.717) is 18.8 Å². The molecule has 1 heterocycles. The van der Waals surface area contributed by atoms with E-state index in [1.807, 2.05) is 0 Å². The Hall–Kier alpha value is -4.16. The number of rotatable bonds is 7. The quantitative estimate of drug-likeness (QED) is 0.318. The molecular weight excluding hydrogens is 487 g/mol. The lowest BCUT2D eigenvalue weighted by Crippen LogP contribution is -2.34. The van der Waals surface area contributed by atoms with E-state index in [-0.39, 0.29) is 28.5 Å². The maximum absolute atomic E-state index is 14.4. The smallest absolute Gasteiger partial charge is 0.322 e. The van der Waals surface area contributed by atoms with Crippen molar-refractivity contribution in [2.24, 2.45) is 0 Å². The summed E-state index contributed by atoms with van der Waals surface area (Å²) in [7, 11) is 3.15. The van der Waals surface area contributed by atoms with E-state index in [1.54, 1.807) is 14.2 Å². The number of benzene rings is 2. The van der Waals surface area contributed by atoms with Crippen molar-refractivity contribution in [2.45, 2.75) is 6.92 Å². The van der Waals surface area contributed by atoms with E-state index in [0.717, 1.165) is 6.07 Å². The number of hydrogen-bond acceptors (Lipinski definition) is 7. The first kappa shape index (κ1) is 26.4. The Kier molecular flexibility index (Phi) is 9.19. The van der Waals surface area contributed by atoms with Crippen molar-refractivity contribution < 1.29 is 23.5 Å². The Morgan fingerprint density at radius 2 is 1.83 bits per heavy atom. The van der Waals surface area contributed by atoms with Crippen molar-refractivity contribution in [2.75, 3.05) is 37.9 Å². The summed E-state index contributed by atoms with van der Waals surface area (Å²) in [5.74, 6) is -0.903. The molecule has 10 nitrogen and oxygen atoms in total. The molecule has 4 rings (SSSR count). The van der Waals surface area contributed by atoms with Crippen LogP contribution in [-0.2, 0) is 9.53 Å². The number of ether oxygens (including phenoxy) is 2. The number of methoxy groups -OCH3 is 1. The van der Waals surface area contributed by atoms with Crippen LogP contribution in [0.3, 0.4) is 0 Å². The molecule has 0 aliphatic heterocycles. The van der Waals surface area contributed by atoms with Crippen molar-refractivity contribution in [3.63, 3.8) is 0 Å². The van der Waals surface area contributed by atoms with Gasteiger partial charge < -0.3 is 25.0 Å². The van der Waals surface area contributed by atoms with Gasteiger partial charge in [-0.15, -0.1) is 0 Å². The fraction of sp³-hybridized carbons (Fsp3) is 0.208. The monoisotopic (exact) mass is 512 g/mol. The molecule has 1 aromatic heterocycles. The second-order valence-corrected chi connectivity index (χ2v) is 7.96. The van der Waals surface area contributed by atoms with Gasteiger partial charge in [0, 0.05) is 45.4 Å². The first-order chi connectivity index (χ1) is 17.2. The zero-order valence-electron chi connectivity index (χ0n) is 19.9. The standard InChI is InChI=1S/C18H21FN6O4S.C6H4/c1-11(26)22-17(30)23-12-4-5-14(13(19)8-12)29-16-9-15(20-10-21-16)24-18(27)25(2)6-7-28-3;1-2-5-4-6(5)3-1/h4-5,8-10H,6-7H2,1-3H3,(H,20,21,24,27)(H2,22,23,26,30);1-4H. The fourth-order valence-electron chi connectivity index (χ4n) is 2.77. The third kappa shape index (κ3) is 8.25. The van der Waals surface area contributed by atoms with Gasteiger partial charge in [-0.1, -0.05) is 18.2 Å². The lowest BCUT2D eigenvalue weighted by molar-refractivity contribution is -0.117. The molecule has 3 N–H and O–H groups in total. The first-order valence-corrected chi connectivity index (χ1v) is 11.2. The van der Waals surface area contributed by atoms with E-state index in [2.05, 4.69) is 50.2 Å². The zero-order valence-corrected chi connectivity index (χ0v) is 20.7. The summed E-state index contributed by atoms with van der Waals surface area (Å²) in [6, 6.07) is 13.5. The van der Waals surface area contributed by atoms with E-state index in [9.17, 15) is 14.0 Å². The minimum atomic E-state index is -0.686. The molecule has 1 aromatic carbocycles. The van der Waals surface area contributed by atoms with Crippen LogP contribution < -0.4 is 20.7 Å². The van der Waals surface area contributed by atoms with Gasteiger partial charge in [-0.2, -0.15) is 0 Å². The number of fused-ring (bicyclic) bond motifs is 1. The largest absolute Gasteiger partial charge is 0.436 e. The molecular formula is C24H25FN6O4S. The number of anilines is 2. The van der Waals surface area contributed by atoms with Gasteiger partial charge in [0.05, 0.1) is 6.61 Å². The van der Waals surface area contributed by atoms with Crippen molar-refractivity contribution in [3.05, 3.63) is 60.7 Å². The highest BCUT2D eigenvalue weighted by atomic mass is 32.1. The highest BCUT2D eigenvalue weighted by molar-refractivity contribution is 7.80. The minimum absolute atomic E-state index is 0.0354. The maximum Gasteiger partial charge on any atom is 0.322 e. The summed E-state index contributed by atoms with van der Waals surface area (Å²) in [6.07, 6.45) is 1.18. The fourth-order valence-corrected chi connectivity index (χ4v) is 3.03. The molecule has 2 aliphatic rings.